The minimum atomic E-state index is -0.407. The van der Waals surface area contributed by atoms with E-state index in [4.69, 9.17) is 5.73 Å². The molecule has 2 rings (SSSR count). The number of rotatable bonds is 3. The lowest BCUT2D eigenvalue weighted by molar-refractivity contribution is -0.126. The van der Waals surface area contributed by atoms with Crippen LogP contribution in [0.5, 0.6) is 0 Å². The molecule has 5 heteroatoms. The number of carbonyl (C=O) groups is 1. The second kappa shape index (κ2) is 5.23. The summed E-state index contributed by atoms with van der Waals surface area (Å²) in [4.78, 5) is 12.3. The van der Waals surface area contributed by atoms with Crippen LogP contribution in [0, 0.1) is 5.41 Å². The Morgan fingerprint density at radius 3 is 2.76 bits per heavy atom. The molecule has 17 heavy (non-hydrogen) atoms. The molecule has 0 aromatic carbocycles. The van der Waals surface area contributed by atoms with Crippen LogP contribution >= 0.6 is 0 Å². The van der Waals surface area contributed by atoms with Crippen molar-refractivity contribution < 1.29 is 4.79 Å². The van der Waals surface area contributed by atoms with E-state index >= 15 is 0 Å². The Hall–Kier alpha value is -1.49. The van der Waals surface area contributed by atoms with Gasteiger partial charge in [0.2, 0.25) is 5.91 Å². The summed E-state index contributed by atoms with van der Waals surface area (Å²) in [5.74, 6) is 0.482. The second-order valence-corrected chi connectivity index (χ2v) is 4.61. The van der Waals surface area contributed by atoms with Crippen molar-refractivity contribution in [2.24, 2.45) is 11.1 Å². The molecule has 3 N–H and O–H groups in total. The number of aromatic nitrogens is 2. The first-order valence-corrected chi connectivity index (χ1v) is 6.06. The van der Waals surface area contributed by atoms with E-state index in [1.54, 1.807) is 18.3 Å². The molecule has 0 bridgehead atoms. The van der Waals surface area contributed by atoms with Crippen LogP contribution in [-0.4, -0.2) is 22.6 Å². The van der Waals surface area contributed by atoms with Crippen molar-refractivity contribution >= 4 is 11.7 Å². The van der Waals surface area contributed by atoms with Crippen molar-refractivity contribution in [3.05, 3.63) is 18.3 Å². The number of nitrogens with zero attached hydrogens (tertiary/aromatic N) is 2. The average Bonchev–Trinajstić information content (AvgIpc) is 2.40. The normalized spacial score (nSPS) is 18.6. The molecule has 1 amide bonds. The van der Waals surface area contributed by atoms with Gasteiger partial charge in [0.15, 0.2) is 5.82 Å². The highest BCUT2D eigenvalue weighted by molar-refractivity contribution is 5.94. The maximum atomic E-state index is 12.3. The molecule has 1 aliphatic carbocycles. The van der Waals surface area contributed by atoms with Gasteiger partial charge >= 0.3 is 0 Å². The Kier molecular flexibility index (Phi) is 3.68. The van der Waals surface area contributed by atoms with Crippen molar-refractivity contribution in [1.29, 1.82) is 0 Å². The third-order valence-corrected chi connectivity index (χ3v) is 3.50. The summed E-state index contributed by atoms with van der Waals surface area (Å²) in [6.45, 7) is 0.402. The van der Waals surface area contributed by atoms with Gasteiger partial charge in [-0.1, -0.05) is 19.3 Å². The van der Waals surface area contributed by atoms with E-state index in [2.05, 4.69) is 15.5 Å². The number of nitrogens with one attached hydrogen (secondary N) is 1. The molecule has 1 saturated carbocycles. The Labute approximate surface area is 101 Å². The summed E-state index contributed by atoms with van der Waals surface area (Å²) in [6, 6.07) is 3.48. The van der Waals surface area contributed by atoms with Gasteiger partial charge in [-0.15, -0.1) is 5.10 Å². The SMILES string of the molecule is NCC1(C(=O)Nc2cccnn2)CCCCC1. The molecule has 0 atom stereocenters. The first kappa shape index (κ1) is 12.0. The molecule has 0 unspecified atom stereocenters. The Balaban J connectivity index is 2.07. The maximum absolute atomic E-state index is 12.3. The van der Waals surface area contributed by atoms with Crippen molar-refractivity contribution in [3.8, 4) is 0 Å². The van der Waals surface area contributed by atoms with Crippen LogP contribution in [0.4, 0.5) is 5.82 Å². The fourth-order valence-corrected chi connectivity index (χ4v) is 2.37. The summed E-state index contributed by atoms with van der Waals surface area (Å²) in [5, 5.41) is 10.4. The van der Waals surface area contributed by atoms with Gasteiger partial charge in [-0.05, 0) is 25.0 Å². The molecule has 0 aliphatic heterocycles. The average molecular weight is 234 g/mol. The molecule has 92 valence electrons. The summed E-state index contributed by atoms with van der Waals surface area (Å²) in [5.41, 5.74) is 5.39. The first-order chi connectivity index (χ1) is 8.27. The zero-order valence-corrected chi connectivity index (χ0v) is 9.85. The fourth-order valence-electron chi connectivity index (χ4n) is 2.37. The van der Waals surface area contributed by atoms with E-state index in [1.807, 2.05) is 0 Å². The molecular weight excluding hydrogens is 216 g/mol. The lowest BCUT2D eigenvalue weighted by Gasteiger charge is -2.34. The number of hydrogen-bond acceptors (Lipinski definition) is 4. The van der Waals surface area contributed by atoms with Crippen molar-refractivity contribution in [1.82, 2.24) is 10.2 Å². The molecule has 1 fully saturated rings. The van der Waals surface area contributed by atoms with Gasteiger partial charge < -0.3 is 11.1 Å². The van der Waals surface area contributed by atoms with Crippen molar-refractivity contribution in [2.45, 2.75) is 32.1 Å². The molecule has 1 heterocycles. The number of carbonyl (C=O) groups excluding carboxylic acids is 1. The minimum absolute atomic E-state index is 0.0137. The molecule has 1 aromatic rings. The van der Waals surface area contributed by atoms with Crippen LogP contribution < -0.4 is 11.1 Å². The predicted octanol–water partition coefficient (Wildman–Crippen LogP) is 1.32. The van der Waals surface area contributed by atoms with Gasteiger partial charge in [-0.25, -0.2) is 0 Å². The van der Waals surface area contributed by atoms with Gasteiger partial charge in [0.05, 0.1) is 5.41 Å². The van der Waals surface area contributed by atoms with Crippen LogP contribution in [0.15, 0.2) is 18.3 Å². The van der Waals surface area contributed by atoms with E-state index in [0.29, 0.717) is 12.4 Å². The monoisotopic (exact) mass is 234 g/mol. The minimum Gasteiger partial charge on any atom is -0.329 e. The lowest BCUT2D eigenvalue weighted by Crippen LogP contribution is -2.44. The molecule has 5 nitrogen and oxygen atoms in total. The molecular formula is C12H18N4O. The number of nitrogens with two attached hydrogens (primary N) is 1. The predicted molar refractivity (Wildman–Crippen MR) is 65.2 cm³/mol. The van der Waals surface area contributed by atoms with E-state index in [9.17, 15) is 4.79 Å². The second-order valence-electron chi connectivity index (χ2n) is 4.61. The van der Waals surface area contributed by atoms with E-state index in [0.717, 1.165) is 25.7 Å². The van der Waals surface area contributed by atoms with Crippen LogP contribution in [0.2, 0.25) is 0 Å². The van der Waals surface area contributed by atoms with Gasteiger partial charge in [0.1, 0.15) is 0 Å². The van der Waals surface area contributed by atoms with Crippen LogP contribution in [0.3, 0.4) is 0 Å². The van der Waals surface area contributed by atoms with Gasteiger partial charge in [-0.3, -0.25) is 4.79 Å². The van der Waals surface area contributed by atoms with E-state index < -0.39 is 5.41 Å². The Morgan fingerprint density at radius 2 is 2.18 bits per heavy atom. The first-order valence-electron chi connectivity index (χ1n) is 6.06. The molecule has 0 radical (unpaired) electrons. The lowest BCUT2D eigenvalue weighted by atomic mass is 9.73. The largest absolute Gasteiger partial charge is 0.329 e. The molecule has 0 saturated heterocycles. The number of anilines is 1. The summed E-state index contributed by atoms with van der Waals surface area (Å²) in [7, 11) is 0. The topological polar surface area (TPSA) is 80.9 Å². The van der Waals surface area contributed by atoms with E-state index in [-0.39, 0.29) is 5.91 Å². The Bertz CT molecular complexity index is 373. The van der Waals surface area contributed by atoms with Gasteiger partial charge in [0, 0.05) is 12.7 Å². The van der Waals surface area contributed by atoms with Crippen LogP contribution in [0.1, 0.15) is 32.1 Å². The quantitative estimate of drug-likeness (QED) is 0.826. The highest BCUT2D eigenvalue weighted by Crippen LogP contribution is 2.36. The summed E-state index contributed by atoms with van der Waals surface area (Å²) in [6.07, 6.45) is 6.66. The zero-order chi connectivity index (χ0) is 12.1. The maximum Gasteiger partial charge on any atom is 0.233 e. The van der Waals surface area contributed by atoms with Crippen LogP contribution in [0.25, 0.3) is 0 Å². The zero-order valence-electron chi connectivity index (χ0n) is 9.85. The number of amides is 1. The molecule has 1 aromatic heterocycles. The fraction of sp³-hybridized carbons (Fsp3) is 0.583. The summed E-state index contributed by atoms with van der Waals surface area (Å²) < 4.78 is 0. The van der Waals surface area contributed by atoms with E-state index in [1.165, 1.54) is 6.42 Å². The third-order valence-electron chi connectivity index (χ3n) is 3.50. The summed E-state index contributed by atoms with van der Waals surface area (Å²) >= 11 is 0. The smallest absolute Gasteiger partial charge is 0.233 e. The third kappa shape index (κ3) is 2.61. The Morgan fingerprint density at radius 1 is 1.41 bits per heavy atom. The molecule has 0 spiro atoms. The van der Waals surface area contributed by atoms with Gasteiger partial charge in [-0.2, -0.15) is 5.10 Å². The van der Waals surface area contributed by atoms with Crippen molar-refractivity contribution in [2.75, 3.05) is 11.9 Å². The number of hydrogen-bond donors (Lipinski definition) is 2. The standard InChI is InChI=1S/C12H18N4O/c13-9-12(6-2-1-3-7-12)11(17)15-10-5-4-8-14-16-10/h4-5,8H,1-3,6-7,9,13H2,(H,15,16,17). The van der Waals surface area contributed by atoms with Gasteiger partial charge in [0.25, 0.3) is 0 Å². The highest BCUT2D eigenvalue weighted by Gasteiger charge is 2.38. The van der Waals surface area contributed by atoms with Crippen molar-refractivity contribution in [3.63, 3.8) is 0 Å². The highest BCUT2D eigenvalue weighted by atomic mass is 16.2. The van der Waals surface area contributed by atoms with Crippen LogP contribution in [-0.2, 0) is 4.79 Å². The molecule has 1 aliphatic rings.